The van der Waals surface area contributed by atoms with Crippen LogP contribution in [0.1, 0.15) is 52.0 Å². The van der Waals surface area contributed by atoms with Crippen LogP contribution in [0.5, 0.6) is 5.75 Å². The zero-order chi connectivity index (χ0) is 17.4. The van der Waals surface area contributed by atoms with E-state index in [-0.39, 0.29) is 29.2 Å². The van der Waals surface area contributed by atoms with E-state index >= 15 is 0 Å². The fraction of sp³-hybridized carbons (Fsp3) is 0.588. The van der Waals surface area contributed by atoms with E-state index in [4.69, 9.17) is 0 Å². The van der Waals surface area contributed by atoms with Crippen LogP contribution in [-0.4, -0.2) is 28.8 Å². The highest BCUT2D eigenvalue weighted by Gasteiger charge is 2.44. The quantitative estimate of drug-likeness (QED) is 0.815. The number of carbonyl (C=O) groups is 1. The second kappa shape index (κ2) is 6.06. The molecule has 128 valence electrons. The Balaban J connectivity index is 2.26. The Morgan fingerprint density at radius 3 is 2.52 bits per heavy atom. The van der Waals surface area contributed by atoms with Gasteiger partial charge in [0, 0.05) is 23.9 Å². The van der Waals surface area contributed by atoms with Crippen LogP contribution in [0.4, 0.5) is 13.2 Å². The Hall–Kier alpha value is -1.72. The summed E-state index contributed by atoms with van der Waals surface area (Å²) in [5.74, 6) is -0.343. The van der Waals surface area contributed by atoms with Crippen molar-refractivity contribution in [3.05, 3.63) is 29.8 Å². The molecule has 0 radical (unpaired) electrons. The van der Waals surface area contributed by atoms with E-state index < -0.39 is 6.36 Å². The Bertz CT molecular complexity index is 583. The zero-order valence-corrected chi connectivity index (χ0v) is 13.8. The molecule has 0 bridgehead atoms. The summed E-state index contributed by atoms with van der Waals surface area (Å²) in [7, 11) is 0. The van der Waals surface area contributed by atoms with Crippen LogP contribution >= 0.6 is 0 Å². The molecule has 2 rings (SSSR count). The highest BCUT2D eigenvalue weighted by Crippen LogP contribution is 2.40. The highest BCUT2D eigenvalue weighted by atomic mass is 19.4. The molecule has 0 aromatic heterocycles. The topological polar surface area (TPSA) is 29.5 Å². The molecule has 1 aromatic carbocycles. The largest absolute Gasteiger partial charge is 0.573 e. The lowest BCUT2D eigenvalue weighted by Gasteiger charge is -2.39. The van der Waals surface area contributed by atoms with Gasteiger partial charge in [0.1, 0.15) is 5.75 Å². The van der Waals surface area contributed by atoms with Crippen molar-refractivity contribution in [1.82, 2.24) is 4.90 Å². The van der Waals surface area contributed by atoms with Gasteiger partial charge in [0.05, 0.1) is 0 Å². The molecule has 0 aliphatic carbocycles. The minimum absolute atomic E-state index is 0.0384. The summed E-state index contributed by atoms with van der Waals surface area (Å²) in [6.07, 6.45) is -3.60. The summed E-state index contributed by atoms with van der Waals surface area (Å²) >= 11 is 0. The number of nitrogens with zero attached hydrogens (tertiary/aromatic N) is 1. The fourth-order valence-electron chi connectivity index (χ4n) is 3.26. The molecule has 1 amide bonds. The summed E-state index contributed by atoms with van der Waals surface area (Å²) < 4.78 is 41.1. The number of benzene rings is 1. The summed E-state index contributed by atoms with van der Waals surface area (Å²) in [4.78, 5) is 14.3. The van der Waals surface area contributed by atoms with Gasteiger partial charge in [0.2, 0.25) is 5.91 Å². The van der Waals surface area contributed by atoms with Gasteiger partial charge in [-0.05, 0) is 44.9 Å². The molecule has 6 heteroatoms. The van der Waals surface area contributed by atoms with E-state index in [1.807, 2.05) is 32.6 Å². The Labute approximate surface area is 134 Å². The lowest BCUT2D eigenvalue weighted by atomic mass is 9.91. The molecule has 2 atom stereocenters. The molecular formula is C17H22F3NO2. The fourth-order valence-corrected chi connectivity index (χ4v) is 3.26. The van der Waals surface area contributed by atoms with Gasteiger partial charge in [0.25, 0.3) is 0 Å². The molecule has 1 heterocycles. The number of alkyl halides is 3. The molecular weight excluding hydrogens is 307 g/mol. The first-order chi connectivity index (χ1) is 10.5. The second-order valence-electron chi connectivity index (χ2n) is 6.60. The molecule has 0 saturated carbocycles. The first kappa shape index (κ1) is 17.6. The van der Waals surface area contributed by atoms with Crippen LogP contribution in [0.25, 0.3) is 0 Å². The molecule has 1 saturated heterocycles. The third kappa shape index (κ3) is 3.79. The van der Waals surface area contributed by atoms with Gasteiger partial charge in [-0.2, -0.15) is 0 Å². The maximum absolute atomic E-state index is 12.4. The molecule has 3 nitrogen and oxygen atoms in total. The van der Waals surface area contributed by atoms with Crippen molar-refractivity contribution in [3.63, 3.8) is 0 Å². The van der Waals surface area contributed by atoms with Gasteiger partial charge in [-0.15, -0.1) is 13.2 Å². The van der Waals surface area contributed by atoms with Gasteiger partial charge in [-0.1, -0.05) is 19.1 Å². The minimum Gasteiger partial charge on any atom is -0.406 e. The van der Waals surface area contributed by atoms with Crippen LogP contribution in [0.3, 0.4) is 0 Å². The molecule has 1 aromatic rings. The van der Waals surface area contributed by atoms with E-state index in [0.29, 0.717) is 12.0 Å². The number of amides is 1. The maximum Gasteiger partial charge on any atom is 0.573 e. The van der Waals surface area contributed by atoms with Gasteiger partial charge >= 0.3 is 6.36 Å². The van der Waals surface area contributed by atoms with Gasteiger partial charge in [0.15, 0.2) is 0 Å². The molecule has 23 heavy (non-hydrogen) atoms. The lowest BCUT2D eigenvalue weighted by molar-refractivity contribution is -0.274. The predicted molar refractivity (Wildman–Crippen MR) is 81.2 cm³/mol. The standard InChI is InChI=1S/C17H22F3NO2/c1-5-16(3,4)21-11(2)14(10-15(21)22)12-7-6-8-13(9-12)23-17(18,19)20/h6-9,11,14H,5,10H2,1-4H3/t11-,14-/m0/s1. The summed E-state index contributed by atoms with van der Waals surface area (Å²) in [5.41, 5.74) is 0.424. The molecule has 0 spiro atoms. The number of rotatable bonds is 4. The summed E-state index contributed by atoms with van der Waals surface area (Å²) in [6.45, 7) is 7.98. The van der Waals surface area contributed by atoms with Crippen LogP contribution < -0.4 is 4.74 Å². The van der Waals surface area contributed by atoms with Gasteiger partial charge in [-0.3, -0.25) is 4.79 Å². The van der Waals surface area contributed by atoms with Crippen LogP contribution in [0.2, 0.25) is 0 Å². The average Bonchev–Trinajstić information content (AvgIpc) is 2.73. The van der Waals surface area contributed by atoms with Crippen molar-refractivity contribution >= 4 is 5.91 Å². The Morgan fingerprint density at radius 2 is 1.96 bits per heavy atom. The molecule has 0 N–H and O–H groups in total. The number of hydrogen-bond donors (Lipinski definition) is 0. The monoisotopic (exact) mass is 329 g/mol. The number of ether oxygens (including phenoxy) is 1. The minimum atomic E-state index is -4.72. The highest BCUT2D eigenvalue weighted by molar-refractivity contribution is 5.81. The smallest absolute Gasteiger partial charge is 0.406 e. The number of carbonyl (C=O) groups excluding carboxylic acids is 1. The summed E-state index contributed by atoms with van der Waals surface area (Å²) in [5, 5.41) is 0. The zero-order valence-electron chi connectivity index (χ0n) is 13.8. The Morgan fingerprint density at radius 1 is 1.30 bits per heavy atom. The molecule has 1 aliphatic heterocycles. The average molecular weight is 329 g/mol. The van der Waals surface area contributed by atoms with Gasteiger partial charge < -0.3 is 9.64 Å². The third-order valence-corrected chi connectivity index (χ3v) is 4.69. The molecule has 0 unspecified atom stereocenters. The Kier molecular flexibility index (Phi) is 4.64. The van der Waals surface area contributed by atoms with Gasteiger partial charge in [-0.25, -0.2) is 0 Å². The van der Waals surface area contributed by atoms with E-state index in [9.17, 15) is 18.0 Å². The third-order valence-electron chi connectivity index (χ3n) is 4.69. The first-order valence-electron chi connectivity index (χ1n) is 7.73. The predicted octanol–water partition coefficient (Wildman–Crippen LogP) is 4.48. The van der Waals surface area contributed by atoms with Crippen LogP contribution in [-0.2, 0) is 4.79 Å². The van der Waals surface area contributed by atoms with E-state index in [0.717, 1.165) is 6.42 Å². The van der Waals surface area contributed by atoms with E-state index in [2.05, 4.69) is 4.74 Å². The van der Waals surface area contributed by atoms with Crippen molar-refractivity contribution in [2.45, 2.75) is 64.4 Å². The van der Waals surface area contributed by atoms with Crippen molar-refractivity contribution in [2.75, 3.05) is 0 Å². The molecule has 1 aliphatic rings. The van der Waals surface area contributed by atoms with E-state index in [1.165, 1.54) is 18.2 Å². The van der Waals surface area contributed by atoms with Crippen LogP contribution in [0.15, 0.2) is 24.3 Å². The van der Waals surface area contributed by atoms with Crippen molar-refractivity contribution in [1.29, 1.82) is 0 Å². The normalized spacial score (nSPS) is 22.6. The number of hydrogen-bond acceptors (Lipinski definition) is 2. The van der Waals surface area contributed by atoms with Crippen molar-refractivity contribution < 1.29 is 22.7 Å². The van der Waals surface area contributed by atoms with Crippen LogP contribution in [0, 0.1) is 0 Å². The van der Waals surface area contributed by atoms with Crippen molar-refractivity contribution in [2.24, 2.45) is 0 Å². The maximum atomic E-state index is 12.4. The summed E-state index contributed by atoms with van der Waals surface area (Å²) in [6, 6.07) is 5.86. The second-order valence-corrected chi connectivity index (χ2v) is 6.60. The van der Waals surface area contributed by atoms with Crippen molar-refractivity contribution in [3.8, 4) is 5.75 Å². The SMILES string of the molecule is CCC(C)(C)N1C(=O)C[C@H](c2cccc(OC(F)(F)F)c2)[C@@H]1C. The molecule has 1 fully saturated rings. The van der Waals surface area contributed by atoms with E-state index in [1.54, 1.807) is 6.07 Å². The first-order valence-corrected chi connectivity index (χ1v) is 7.73. The number of likely N-dealkylation sites (tertiary alicyclic amines) is 1. The lowest BCUT2D eigenvalue weighted by Crippen LogP contribution is -2.48. The number of halogens is 3.